The Bertz CT molecular complexity index is 276. The van der Waals surface area contributed by atoms with Crippen LogP contribution in [-0.4, -0.2) is 56.0 Å². The summed E-state index contributed by atoms with van der Waals surface area (Å²) in [6.07, 6.45) is 0. The van der Waals surface area contributed by atoms with Gasteiger partial charge in [-0.2, -0.15) is 0 Å². The number of phenols is 1. The molecule has 0 fully saturated rings. The number of methoxy groups -OCH3 is 3. The SMILES string of the molecule is COc1cc(O)cc(OC)c1OC.[NaH]. The normalized spacial score (nSPS) is 8.79. The van der Waals surface area contributed by atoms with E-state index in [1.165, 1.54) is 33.5 Å². The van der Waals surface area contributed by atoms with Crippen LogP contribution in [0.15, 0.2) is 12.1 Å². The van der Waals surface area contributed by atoms with E-state index in [9.17, 15) is 5.11 Å². The summed E-state index contributed by atoms with van der Waals surface area (Å²) >= 11 is 0. The summed E-state index contributed by atoms with van der Waals surface area (Å²) in [6.45, 7) is 0. The second kappa shape index (κ2) is 6.01. The van der Waals surface area contributed by atoms with Crippen molar-refractivity contribution in [2.45, 2.75) is 0 Å². The van der Waals surface area contributed by atoms with Crippen LogP contribution in [0.1, 0.15) is 0 Å². The van der Waals surface area contributed by atoms with Crippen LogP contribution in [0.3, 0.4) is 0 Å². The van der Waals surface area contributed by atoms with Gasteiger partial charge in [0.05, 0.1) is 21.3 Å². The van der Waals surface area contributed by atoms with Crippen LogP contribution < -0.4 is 14.2 Å². The van der Waals surface area contributed by atoms with E-state index in [1.54, 1.807) is 0 Å². The van der Waals surface area contributed by atoms with Gasteiger partial charge in [0.1, 0.15) is 5.75 Å². The van der Waals surface area contributed by atoms with E-state index in [-0.39, 0.29) is 35.3 Å². The van der Waals surface area contributed by atoms with E-state index in [1.807, 2.05) is 0 Å². The van der Waals surface area contributed by atoms with E-state index in [0.717, 1.165) is 0 Å². The minimum absolute atomic E-state index is 0. The molecule has 1 N–H and O–H groups in total. The molecular formula is C9H13NaO4. The third-order valence-corrected chi connectivity index (χ3v) is 1.65. The molecule has 14 heavy (non-hydrogen) atoms. The molecule has 0 radical (unpaired) electrons. The fourth-order valence-electron chi connectivity index (χ4n) is 1.07. The zero-order valence-electron chi connectivity index (χ0n) is 7.83. The molecule has 0 unspecified atom stereocenters. The number of rotatable bonds is 3. The zero-order chi connectivity index (χ0) is 9.84. The predicted octanol–water partition coefficient (Wildman–Crippen LogP) is 0.769. The first-order valence-corrected chi connectivity index (χ1v) is 3.72. The van der Waals surface area contributed by atoms with Crippen LogP contribution in [0.4, 0.5) is 0 Å². The van der Waals surface area contributed by atoms with Crippen LogP contribution in [0.25, 0.3) is 0 Å². The van der Waals surface area contributed by atoms with Crippen molar-refractivity contribution in [3.63, 3.8) is 0 Å². The van der Waals surface area contributed by atoms with Gasteiger partial charge in [0, 0.05) is 12.1 Å². The molecule has 0 aliphatic carbocycles. The number of hydrogen-bond donors (Lipinski definition) is 1. The Hall–Kier alpha value is -0.580. The number of ether oxygens (including phenoxy) is 3. The van der Waals surface area contributed by atoms with Gasteiger partial charge in [0.25, 0.3) is 0 Å². The standard InChI is InChI=1S/C9H12O4.Na.H/c1-11-7-4-6(10)5-8(12-2)9(7)13-3;;/h4-5,10H,1-3H3;;. The van der Waals surface area contributed by atoms with Gasteiger partial charge in [0.15, 0.2) is 11.5 Å². The fraction of sp³-hybridized carbons (Fsp3) is 0.333. The summed E-state index contributed by atoms with van der Waals surface area (Å²) in [5.41, 5.74) is 0. The van der Waals surface area contributed by atoms with Gasteiger partial charge >= 0.3 is 29.6 Å². The predicted molar refractivity (Wildman–Crippen MR) is 54.9 cm³/mol. The van der Waals surface area contributed by atoms with Crippen LogP contribution >= 0.6 is 0 Å². The first-order chi connectivity index (χ1) is 6.22. The second-order valence-electron chi connectivity index (χ2n) is 2.38. The quantitative estimate of drug-likeness (QED) is 0.745. The Labute approximate surface area is 105 Å². The van der Waals surface area contributed by atoms with Crippen molar-refractivity contribution in [2.24, 2.45) is 0 Å². The molecule has 0 heterocycles. The van der Waals surface area contributed by atoms with Crippen molar-refractivity contribution in [1.82, 2.24) is 0 Å². The van der Waals surface area contributed by atoms with Crippen LogP contribution in [0.2, 0.25) is 0 Å². The van der Waals surface area contributed by atoms with Crippen LogP contribution in [0, 0.1) is 0 Å². The first kappa shape index (κ1) is 13.4. The molecule has 4 nitrogen and oxygen atoms in total. The molecule has 1 aromatic carbocycles. The summed E-state index contributed by atoms with van der Waals surface area (Å²) in [4.78, 5) is 0. The van der Waals surface area contributed by atoms with Gasteiger partial charge in [-0.05, 0) is 0 Å². The third-order valence-electron chi connectivity index (χ3n) is 1.65. The molecule has 0 aliphatic heterocycles. The molecule has 74 valence electrons. The van der Waals surface area contributed by atoms with Crippen molar-refractivity contribution in [3.05, 3.63) is 12.1 Å². The van der Waals surface area contributed by atoms with Gasteiger partial charge < -0.3 is 19.3 Å². The van der Waals surface area contributed by atoms with Crippen molar-refractivity contribution in [3.8, 4) is 23.0 Å². The van der Waals surface area contributed by atoms with E-state index in [2.05, 4.69) is 0 Å². The minimum atomic E-state index is 0. The molecule has 0 spiro atoms. The average molecular weight is 208 g/mol. The van der Waals surface area contributed by atoms with Crippen molar-refractivity contribution < 1.29 is 19.3 Å². The van der Waals surface area contributed by atoms with Crippen molar-refractivity contribution >= 4 is 29.6 Å². The molecule has 0 saturated carbocycles. The number of phenolic OH excluding ortho intramolecular Hbond substituents is 1. The maximum atomic E-state index is 9.26. The Morgan fingerprint density at radius 3 is 1.64 bits per heavy atom. The third kappa shape index (κ3) is 2.70. The molecule has 0 bridgehead atoms. The van der Waals surface area contributed by atoms with E-state index in [4.69, 9.17) is 14.2 Å². The second-order valence-corrected chi connectivity index (χ2v) is 2.38. The molecule has 5 heteroatoms. The van der Waals surface area contributed by atoms with Crippen molar-refractivity contribution in [2.75, 3.05) is 21.3 Å². The molecular weight excluding hydrogens is 195 g/mol. The van der Waals surface area contributed by atoms with Crippen LogP contribution in [-0.2, 0) is 0 Å². The zero-order valence-corrected chi connectivity index (χ0v) is 7.83. The summed E-state index contributed by atoms with van der Waals surface area (Å²) < 4.78 is 15.0. The van der Waals surface area contributed by atoms with E-state index < -0.39 is 0 Å². The van der Waals surface area contributed by atoms with Crippen LogP contribution in [0.5, 0.6) is 23.0 Å². The Morgan fingerprint density at radius 1 is 0.929 bits per heavy atom. The average Bonchev–Trinajstić information content (AvgIpc) is 2.16. The number of hydrogen-bond acceptors (Lipinski definition) is 4. The van der Waals surface area contributed by atoms with Gasteiger partial charge in [0.2, 0.25) is 5.75 Å². The molecule has 0 aromatic heterocycles. The monoisotopic (exact) mass is 208 g/mol. The molecule has 0 saturated heterocycles. The molecule has 1 rings (SSSR count). The Kier molecular flexibility index (Phi) is 5.76. The van der Waals surface area contributed by atoms with Gasteiger partial charge in [-0.15, -0.1) is 0 Å². The van der Waals surface area contributed by atoms with Gasteiger partial charge in [-0.1, -0.05) is 0 Å². The number of benzene rings is 1. The van der Waals surface area contributed by atoms with Crippen molar-refractivity contribution in [1.29, 1.82) is 0 Å². The molecule has 0 amide bonds. The summed E-state index contributed by atoms with van der Waals surface area (Å²) in [5.74, 6) is 1.44. The Morgan fingerprint density at radius 2 is 1.36 bits per heavy atom. The molecule has 0 atom stereocenters. The van der Waals surface area contributed by atoms with E-state index in [0.29, 0.717) is 17.2 Å². The van der Waals surface area contributed by atoms with E-state index >= 15 is 0 Å². The number of aromatic hydroxyl groups is 1. The van der Waals surface area contributed by atoms with Gasteiger partial charge in [-0.3, -0.25) is 0 Å². The fourth-order valence-corrected chi connectivity index (χ4v) is 1.07. The van der Waals surface area contributed by atoms with Gasteiger partial charge in [-0.25, -0.2) is 0 Å². The molecule has 0 aliphatic rings. The maximum absolute atomic E-state index is 9.26. The topological polar surface area (TPSA) is 47.9 Å². The summed E-state index contributed by atoms with van der Waals surface area (Å²) in [6, 6.07) is 2.92. The first-order valence-electron chi connectivity index (χ1n) is 3.72. The summed E-state index contributed by atoms with van der Waals surface area (Å²) in [7, 11) is 4.50. The molecule has 1 aromatic rings. The Balaban J connectivity index is 0.00000169. The summed E-state index contributed by atoms with van der Waals surface area (Å²) in [5, 5.41) is 9.26.